The molecule has 0 radical (unpaired) electrons. The number of rotatable bonds is 7. The summed E-state index contributed by atoms with van der Waals surface area (Å²) < 4.78 is 0. The van der Waals surface area contributed by atoms with E-state index < -0.39 is 0 Å². The minimum absolute atomic E-state index is 0.294. The molecule has 0 aromatic heterocycles. The second-order valence-corrected chi connectivity index (χ2v) is 3.37. The van der Waals surface area contributed by atoms with Crippen LogP contribution in [0.2, 0.25) is 0 Å². The Balaban J connectivity index is 3.72. The SMILES string of the molecule is CCCC(N)C(CCN)CCN. The summed E-state index contributed by atoms with van der Waals surface area (Å²) in [6.07, 6.45) is 4.26. The highest BCUT2D eigenvalue weighted by molar-refractivity contribution is 4.73. The molecule has 0 heterocycles. The summed E-state index contributed by atoms with van der Waals surface area (Å²) in [6, 6.07) is 0.294. The molecular formula is C9H23N3. The molecule has 3 heteroatoms. The van der Waals surface area contributed by atoms with Crippen molar-refractivity contribution >= 4 is 0 Å². The van der Waals surface area contributed by atoms with Crippen LogP contribution in [-0.4, -0.2) is 19.1 Å². The van der Waals surface area contributed by atoms with E-state index in [0.29, 0.717) is 12.0 Å². The van der Waals surface area contributed by atoms with Crippen molar-refractivity contribution in [2.75, 3.05) is 13.1 Å². The fourth-order valence-corrected chi connectivity index (χ4v) is 1.57. The van der Waals surface area contributed by atoms with Crippen LogP contribution in [0.15, 0.2) is 0 Å². The minimum atomic E-state index is 0.294. The molecule has 0 saturated carbocycles. The van der Waals surface area contributed by atoms with Crippen molar-refractivity contribution in [3.05, 3.63) is 0 Å². The Labute approximate surface area is 75.7 Å². The number of hydrogen-bond acceptors (Lipinski definition) is 3. The standard InChI is InChI=1S/C9H23N3/c1-2-3-9(12)8(4-6-10)5-7-11/h8-9H,2-7,10-12H2,1H3. The highest BCUT2D eigenvalue weighted by Gasteiger charge is 2.14. The van der Waals surface area contributed by atoms with Gasteiger partial charge in [0.2, 0.25) is 0 Å². The van der Waals surface area contributed by atoms with Crippen molar-refractivity contribution in [3.63, 3.8) is 0 Å². The molecule has 0 aliphatic carbocycles. The molecule has 0 saturated heterocycles. The molecule has 6 N–H and O–H groups in total. The Bertz CT molecular complexity index is 89.8. The fraction of sp³-hybridized carbons (Fsp3) is 1.00. The molecule has 12 heavy (non-hydrogen) atoms. The average molecular weight is 173 g/mol. The lowest BCUT2D eigenvalue weighted by atomic mass is 9.90. The van der Waals surface area contributed by atoms with Crippen LogP contribution in [-0.2, 0) is 0 Å². The van der Waals surface area contributed by atoms with Crippen LogP contribution in [0.4, 0.5) is 0 Å². The predicted octanol–water partition coefficient (Wildman–Crippen LogP) is 0.428. The van der Waals surface area contributed by atoms with Gasteiger partial charge in [0.1, 0.15) is 0 Å². The van der Waals surface area contributed by atoms with Crippen molar-refractivity contribution in [3.8, 4) is 0 Å². The lowest BCUT2D eigenvalue weighted by Crippen LogP contribution is -2.33. The van der Waals surface area contributed by atoms with Gasteiger partial charge in [0.15, 0.2) is 0 Å². The zero-order chi connectivity index (χ0) is 9.40. The van der Waals surface area contributed by atoms with Gasteiger partial charge in [-0.25, -0.2) is 0 Å². The van der Waals surface area contributed by atoms with E-state index in [9.17, 15) is 0 Å². The maximum Gasteiger partial charge on any atom is 0.00680 e. The highest BCUT2D eigenvalue weighted by atomic mass is 14.7. The second-order valence-electron chi connectivity index (χ2n) is 3.37. The van der Waals surface area contributed by atoms with Gasteiger partial charge in [0.25, 0.3) is 0 Å². The van der Waals surface area contributed by atoms with E-state index in [4.69, 9.17) is 17.2 Å². The molecular weight excluding hydrogens is 150 g/mol. The highest BCUT2D eigenvalue weighted by Crippen LogP contribution is 2.14. The molecule has 0 aliphatic heterocycles. The quantitative estimate of drug-likeness (QED) is 0.522. The van der Waals surface area contributed by atoms with Crippen molar-refractivity contribution < 1.29 is 0 Å². The van der Waals surface area contributed by atoms with Gasteiger partial charge in [-0.3, -0.25) is 0 Å². The van der Waals surface area contributed by atoms with Crippen molar-refractivity contribution in [2.24, 2.45) is 23.1 Å². The van der Waals surface area contributed by atoms with Crippen LogP contribution >= 0.6 is 0 Å². The first kappa shape index (κ1) is 11.9. The Hall–Kier alpha value is -0.120. The molecule has 74 valence electrons. The molecule has 0 aromatic rings. The maximum absolute atomic E-state index is 5.99. The third-order valence-corrected chi connectivity index (χ3v) is 2.30. The summed E-state index contributed by atoms with van der Waals surface area (Å²) in [5.74, 6) is 0.528. The normalized spacial score (nSPS) is 13.8. The van der Waals surface area contributed by atoms with E-state index in [2.05, 4.69) is 6.92 Å². The van der Waals surface area contributed by atoms with E-state index in [1.165, 1.54) is 0 Å². The Morgan fingerprint density at radius 3 is 1.83 bits per heavy atom. The summed E-state index contributed by atoms with van der Waals surface area (Å²) in [4.78, 5) is 0. The first-order valence-electron chi connectivity index (χ1n) is 4.92. The van der Waals surface area contributed by atoms with Crippen molar-refractivity contribution in [1.29, 1.82) is 0 Å². The third kappa shape index (κ3) is 4.70. The summed E-state index contributed by atoms with van der Waals surface area (Å²) >= 11 is 0. The first-order valence-corrected chi connectivity index (χ1v) is 4.92. The van der Waals surface area contributed by atoms with Crippen LogP contribution < -0.4 is 17.2 Å². The molecule has 0 bridgehead atoms. The van der Waals surface area contributed by atoms with Gasteiger partial charge < -0.3 is 17.2 Å². The Morgan fingerprint density at radius 2 is 1.50 bits per heavy atom. The smallest absolute Gasteiger partial charge is 0.00680 e. The van der Waals surface area contributed by atoms with Gasteiger partial charge in [0, 0.05) is 6.04 Å². The number of nitrogens with two attached hydrogens (primary N) is 3. The zero-order valence-corrected chi connectivity index (χ0v) is 8.13. The molecule has 0 aromatic carbocycles. The van der Waals surface area contributed by atoms with Crippen LogP contribution in [0.1, 0.15) is 32.6 Å². The van der Waals surface area contributed by atoms with E-state index in [0.717, 1.165) is 38.8 Å². The molecule has 1 atom stereocenters. The van der Waals surface area contributed by atoms with Crippen LogP contribution in [0, 0.1) is 5.92 Å². The first-order chi connectivity index (χ1) is 5.76. The van der Waals surface area contributed by atoms with E-state index in [1.54, 1.807) is 0 Å². The van der Waals surface area contributed by atoms with Gasteiger partial charge >= 0.3 is 0 Å². The van der Waals surface area contributed by atoms with E-state index in [-0.39, 0.29) is 0 Å². The molecule has 3 nitrogen and oxygen atoms in total. The molecule has 0 rings (SSSR count). The number of hydrogen-bond donors (Lipinski definition) is 3. The second kappa shape index (κ2) is 7.53. The molecule has 0 spiro atoms. The maximum atomic E-state index is 5.99. The van der Waals surface area contributed by atoms with Gasteiger partial charge in [0.05, 0.1) is 0 Å². The van der Waals surface area contributed by atoms with Gasteiger partial charge in [-0.15, -0.1) is 0 Å². The fourth-order valence-electron chi connectivity index (χ4n) is 1.57. The van der Waals surface area contributed by atoms with Crippen molar-refractivity contribution in [1.82, 2.24) is 0 Å². The average Bonchev–Trinajstić information content (AvgIpc) is 2.04. The Kier molecular flexibility index (Phi) is 7.45. The lowest BCUT2D eigenvalue weighted by Gasteiger charge is -2.22. The third-order valence-electron chi connectivity index (χ3n) is 2.30. The van der Waals surface area contributed by atoms with Gasteiger partial charge in [-0.2, -0.15) is 0 Å². The molecule has 0 amide bonds. The largest absolute Gasteiger partial charge is 0.330 e. The summed E-state index contributed by atoms with van der Waals surface area (Å²) in [6.45, 7) is 3.60. The molecule has 0 fully saturated rings. The van der Waals surface area contributed by atoms with Gasteiger partial charge in [-0.1, -0.05) is 13.3 Å². The topological polar surface area (TPSA) is 78.1 Å². The van der Waals surface area contributed by atoms with Crippen LogP contribution in [0.5, 0.6) is 0 Å². The molecule has 1 unspecified atom stereocenters. The van der Waals surface area contributed by atoms with E-state index >= 15 is 0 Å². The zero-order valence-electron chi connectivity index (χ0n) is 8.13. The van der Waals surface area contributed by atoms with Crippen LogP contribution in [0.3, 0.4) is 0 Å². The molecule has 0 aliphatic rings. The van der Waals surface area contributed by atoms with Crippen LogP contribution in [0.25, 0.3) is 0 Å². The predicted molar refractivity (Wildman–Crippen MR) is 53.7 cm³/mol. The minimum Gasteiger partial charge on any atom is -0.330 e. The summed E-state index contributed by atoms with van der Waals surface area (Å²) in [7, 11) is 0. The monoisotopic (exact) mass is 173 g/mol. The van der Waals surface area contributed by atoms with Gasteiger partial charge in [-0.05, 0) is 38.3 Å². The van der Waals surface area contributed by atoms with E-state index in [1.807, 2.05) is 0 Å². The summed E-state index contributed by atoms with van der Waals surface area (Å²) in [5.41, 5.74) is 17.0. The lowest BCUT2D eigenvalue weighted by molar-refractivity contribution is 0.360. The Morgan fingerprint density at radius 1 is 1.00 bits per heavy atom. The van der Waals surface area contributed by atoms with Crippen molar-refractivity contribution in [2.45, 2.75) is 38.6 Å². The summed E-state index contributed by atoms with van der Waals surface area (Å²) in [5, 5.41) is 0.